The quantitative estimate of drug-likeness (QED) is 0.772. The summed E-state index contributed by atoms with van der Waals surface area (Å²) in [6, 6.07) is 5.75. The van der Waals surface area contributed by atoms with Gasteiger partial charge in [0.05, 0.1) is 5.69 Å². The molecule has 2 aromatic heterocycles. The highest BCUT2D eigenvalue weighted by atomic mass is 35.5. The molecule has 1 aliphatic heterocycles. The Labute approximate surface area is 147 Å². The molecule has 24 heavy (non-hydrogen) atoms. The molecule has 0 N–H and O–H groups in total. The number of nitrogens with zero attached hydrogens (tertiary/aromatic N) is 3. The van der Waals surface area contributed by atoms with Gasteiger partial charge in [0.2, 0.25) is 5.91 Å². The number of carbonyl (C=O) groups excluding carboxylic acids is 1. The first-order chi connectivity index (χ1) is 11.7. The molecule has 0 bridgehead atoms. The van der Waals surface area contributed by atoms with Gasteiger partial charge >= 0.3 is 0 Å². The molecular weight excluding hydrogens is 322 g/mol. The highest BCUT2D eigenvalue weighted by Gasteiger charge is 2.32. The molecule has 4 rings (SSSR count). The van der Waals surface area contributed by atoms with E-state index in [1.807, 2.05) is 33.7 Å². The van der Waals surface area contributed by atoms with Crippen LogP contribution in [0.25, 0.3) is 11.7 Å². The molecule has 1 saturated carbocycles. The van der Waals surface area contributed by atoms with E-state index in [0.717, 1.165) is 36.8 Å². The summed E-state index contributed by atoms with van der Waals surface area (Å²) in [5.74, 6) is 1.62. The van der Waals surface area contributed by atoms with Gasteiger partial charge in [-0.15, -0.1) is 0 Å². The summed E-state index contributed by atoms with van der Waals surface area (Å²) in [6.45, 7) is 1.79. The van der Waals surface area contributed by atoms with Crippen molar-refractivity contribution < 1.29 is 4.79 Å². The molecule has 0 radical (unpaired) electrons. The molecule has 4 nitrogen and oxygen atoms in total. The number of likely N-dealkylation sites (tertiary alicyclic amines) is 1. The van der Waals surface area contributed by atoms with Crippen molar-refractivity contribution in [1.82, 2.24) is 14.3 Å². The number of amides is 1. The Balaban J connectivity index is 1.49. The molecule has 2 atom stereocenters. The molecule has 2 aromatic rings. The van der Waals surface area contributed by atoms with Crippen molar-refractivity contribution in [3.05, 3.63) is 41.3 Å². The van der Waals surface area contributed by atoms with E-state index in [-0.39, 0.29) is 5.91 Å². The third-order valence-electron chi connectivity index (χ3n) is 5.51. The van der Waals surface area contributed by atoms with Crippen molar-refractivity contribution in [2.75, 3.05) is 13.1 Å². The summed E-state index contributed by atoms with van der Waals surface area (Å²) in [5, 5.41) is 0.427. The number of hydrogen-bond donors (Lipinski definition) is 0. The molecule has 0 unspecified atom stereocenters. The van der Waals surface area contributed by atoms with Crippen LogP contribution in [0, 0.1) is 11.8 Å². The van der Waals surface area contributed by atoms with Crippen LogP contribution < -0.4 is 0 Å². The summed E-state index contributed by atoms with van der Waals surface area (Å²) in [6.07, 6.45) is 11.8. The van der Waals surface area contributed by atoms with Crippen LogP contribution in [-0.4, -0.2) is 33.3 Å². The first kappa shape index (κ1) is 15.7. The minimum atomic E-state index is 0.0842. The lowest BCUT2D eigenvalue weighted by atomic mass is 9.75. The average molecular weight is 344 g/mol. The van der Waals surface area contributed by atoms with Gasteiger partial charge in [0.1, 0.15) is 5.65 Å². The monoisotopic (exact) mass is 343 g/mol. The first-order valence-corrected chi connectivity index (χ1v) is 9.20. The van der Waals surface area contributed by atoms with Gasteiger partial charge < -0.3 is 4.90 Å². The number of imidazole rings is 1. The van der Waals surface area contributed by atoms with E-state index in [2.05, 4.69) is 4.98 Å². The highest BCUT2D eigenvalue weighted by molar-refractivity contribution is 6.31. The molecule has 126 valence electrons. The van der Waals surface area contributed by atoms with E-state index in [4.69, 9.17) is 11.6 Å². The van der Waals surface area contributed by atoms with Gasteiger partial charge in [-0.1, -0.05) is 36.9 Å². The fraction of sp³-hybridized carbons (Fsp3) is 0.474. The Morgan fingerprint density at radius 1 is 1.21 bits per heavy atom. The number of hydrogen-bond acceptors (Lipinski definition) is 2. The zero-order valence-electron chi connectivity index (χ0n) is 13.7. The van der Waals surface area contributed by atoms with Crippen LogP contribution in [0.1, 0.15) is 37.8 Å². The smallest absolute Gasteiger partial charge is 0.246 e. The van der Waals surface area contributed by atoms with Crippen LogP contribution in [0.15, 0.2) is 30.5 Å². The molecule has 1 saturated heterocycles. The lowest BCUT2D eigenvalue weighted by molar-refractivity contribution is -0.128. The number of rotatable bonds is 2. The number of pyridine rings is 1. The SMILES string of the molecule is O=C(/C=C/c1c(Cl)nc2ccccn12)N1CC[C@@H]2CCCC[C@@H]2C1. The van der Waals surface area contributed by atoms with Gasteiger partial charge in [-0.05, 0) is 42.9 Å². The highest BCUT2D eigenvalue weighted by Crippen LogP contribution is 2.36. The molecule has 3 heterocycles. The summed E-state index contributed by atoms with van der Waals surface area (Å²) in [5.41, 5.74) is 1.55. The van der Waals surface area contributed by atoms with Crippen molar-refractivity contribution >= 4 is 29.2 Å². The van der Waals surface area contributed by atoms with Gasteiger partial charge in [0.25, 0.3) is 0 Å². The maximum Gasteiger partial charge on any atom is 0.246 e. The fourth-order valence-electron chi connectivity index (χ4n) is 4.19. The topological polar surface area (TPSA) is 37.6 Å². The maximum absolute atomic E-state index is 12.6. The van der Waals surface area contributed by atoms with E-state index in [1.54, 1.807) is 12.2 Å². The minimum absolute atomic E-state index is 0.0842. The third-order valence-corrected chi connectivity index (χ3v) is 5.79. The second kappa shape index (κ2) is 6.60. The Kier molecular flexibility index (Phi) is 4.31. The molecule has 0 aromatic carbocycles. The number of piperidine rings is 1. The van der Waals surface area contributed by atoms with Crippen molar-refractivity contribution in [3.8, 4) is 0 Å². The van der Waals surface area contributed by atoms with Gasteiger partial charge in [-0.2, -0.15) is 0 Å². The van der Waals surface area contributed by atoms with Crippen molar-refractivity contribution in [1.29, 1.82) is 0 Å². The van der Waals surface area contributed by atoms with E-state index in [0.29, 0.717) is 11.1 Å². The molecule has 1 aliphatic carbocycles. The summed E-state index contributed by atoms with van der Waals surface area (Å²) >= 11 is 6.22. The van der Waals surface area contributed by atoms with Crippen molar-refractivity contribution in [3.63, 3.8) is 0 Å². The Morgan fingerprint density at radius 2 is 2.04 bits per heavy atom. The first-order valence-electron chi connectivity index (χ1n) is 8.82. The second-order valence-electron chi connectivity index (χ2n) is 6.93. The Morgan fingerprint density at radius 3 is 2.92 bits per heavy atom. The normalized spacial score (nSPS) is 24.5. The van der Waals surface area contributed by atoms with Gasteiger partial charge in [-0.25, -0.2) is 4.98 Å². The predicted octanol–water partition coefficient (Wildman–Crippen LogP) is 4.04. The van der Waals surface area contributed by atoms with E-state index in [1.165, 1.54) is 25.7 Å². The Bertz CT molecular complexity index is 782. The molecule has 5 heteroatoms. The van der Waals surface area contributed by atoms with Crippen LogP contribution in [0.4, 0.5) is 0 Å². The van der Waals surface area contributed by atoms with Crippen LogP contribution in [0.2, 0.25) is 5.15 Å². The largest absolute Gasteiger partial charge is 0.339 e. The second-order valence-corrected chi connectivity index (χ2v) is 7.29. The Hall–Kier alpha value is -1.81. The molecule has 2 fully saturated rings. The van der Waals surface area contributed by atoms with Crippen molar-refractivity contribution in [2.24, 2.45) is 11.8 Å². The summed E-state index contributed by atoms with van der Waals surface area (Å²) in [7, 11) is 0. The van der Waals surface area contributed by atoms with Gasteiger partial charge in [-0.3, -0.25) is 9.20 Å². The molecule has 2 aliphatic rings. The van der Waals surface area contributed by atoms with Crippen LogP contribution in [-0.2, 0) is 4.79 Å². The van der Waals surface area contributed by atoms with Crippen LogP contribution in [0.3, 0.4) is 0 Å². The number of halogens is 1. The lowest BCUT2D eigenvalue weighted by Gasteiger charge is -2.41. The van der Waals surface area contributed by atoms with E-state index in [9.17, 15) is 4.79 Å². The lowest BCUT2D eigenvalue weighted by Crippen LogP contribution is -2.44. The van der Waals surface area contributed by atoms with E-state index < -0.39 is 0 Å². The van der Waals surface area contributed by atoms with Gasteiger partial charge in [0.15, 0.2) is 5.15 Å². The third kappa shape index (κ3) is 2.95. The van der Waals surface area contributed by atoms with Crippen molar-refractivity contribution in [2.45, 2.75) is 32.1 Å². The molecular formula is C19H22ClN3O. The molecule has 0 spiro atoms. The standard InChI is InChI=1S/C19H22ClN3O/c20-19-16(23-11-4-3-7-17(23)21-19)8-9-18(24)22-12-10-14-5-1-2-6-15(14)13-22/h3-4,7-9,11,14-15H,1-2,5-6,10,12-13H2/b9-8+/t14-,15+/m0/s1. The number of aromatic nitrogens is 2. The van der Waals surface area contributed by atoms with Crippen LogP contribution >= 0.6 is 11.6 Å². The number of fused-ring (bicyclic) bond motifs is 2. The van der Waals surface area contributed by atoms with Gasteiger partial charge in [0, 0.05) is 25.4 Å². The maximum atomic E-state index is 12.6. The summed E-state index contributed by atoms with van der Waals surface area (Å²) in [4.78, 5) is 18.9. The molecule has 1 amide bonds. The average Bonchev–Trinajstić information content (AvgIpc) is 2.94. The zero-order chi connectivity index (χ0) is 16.5. The minimum Gasteiger partial charge on any atom is -0.339 e. The predicted molar refractivity (Wildman–Crippen MR) is 95.9 cm³/mol. The number of carbonyl (C=O) groups is 1. The summed E-state index contributed by atoms with van der Waals surface area (Å²) < 4.78 is 1.90. The zero-order valence-corrected chi connectivity index (χ0v) is 14.5. The van der Waals surface area contributed by atoms with E-state index >= 15 is 0 Å². The fourth-order valence-corrected chi connectivity index (χ4v) is 4.43. The van der Waals surface area contributed by atoms with Crippen LogP contribution in [0.5, 0.6) is 0 Å².